The Morgan fingerprint density at radius 2 is 2.22 bits per heavy atom. The zero-order valence-electron chi connectivity index (χ0n) is 11.0. The van der Waals surface area contributed by atoms with Crippen LogP contribution in [0.2, 0.25) is 0 Å². The number of aromatic nitrogens is 2. The van der Waals surface area contributed by atoms with Gasteiger partial charge in [-0.3, -0.25) is 4.68 Å². The van der Waals surface area contributed by atoms with Crippen LogP contribution in [0.3, 0.4) is 0 Å². The molecule has 0 amide bonds. The molecule has 0 aromatic carbocycles. The molecule has 7 nitrogen and oxygen atoms in total. The van der Waals surface area contributed by atoms with Crippen LogP contribution in [0.5, 0.6) is 0 Å². The Kier molecular flexibility index (Phi) is 5.12. The van der Waals surface area contributed by atoms with E-state index < -0.39 is 10.0 Å². The first-order valence-electron chi connectivity index (χ1n) is 5.71. The van der Waals surface area contributed by atoms with E-state index in [0.29, 0.717) is 26.1 Å². The van der Waals surface area contributed by atoms with Crippen molar-refractivity contribution < 1.29 is 13.2 Å². The van der Waals surface area contributed by atoms with Crippen molar-refractivity contribution in [3.8, 4) is 0 Å². The van der Waals surface area contributed by atoms with Crippen LogP contribution in [0.15, 0.2) is 11.1 Å². The van der Waals surface area contributed by atoms with Gasteiger partial charge in [0.25, 0.3) is 0 Å². The fourth-order valence-electron chi connectivity index (χ4n) is 1.50. The van der Waals surface area contributed by atoms with Crippen LogP contribution in [0, 0.1) is 0 Å². The van der Waals surface area contributed by atoms with Crippen molar-refractivity contribution in [2.24, 2.45) is 0 Å². The summed E-state index contributed by atoms with van der Waals surface area (Å²) in [4.78, 5) is 0.0595. The van der Waals surface area contributed by atoms with Gasteiger partial charge in [0, 0.05) is 40.1 Å². The van der Waals surface area contributed by atoms with Gasteiger partial charge in [-0.25, -0.2) is 12.7 Å². The third-order valence-electron chi connectivity index (χ3n) is 2.59. The highest BCUT2D eigenvalue weighted by atomic mass is 32.2. The molecule has 1 aromatic heterocycles. The monoisotopic (exact) mass is 276 g/mol. The van der Waals surface area contributed by atoms with Crippen molar-refractivity contribution >= 4 is 15.8 Å². The predicted molar refractivity (Wildman–Crippen MR) is 68.6 cm³/mol. The largest absolute Gasteiger partial charge is 0.385 e. The van der Waals surface area contributed by atoms with Crippen LogP contribution < -0.4 is 5.73 Å². The molecule has 1 rings (SSSR count). The average molecular weight is 276 g/mol. The lowest BCUT2D eigenvalue weighted by molar-refractivity contribution is 0.189. The van der Waals surface area contributed by atoms with Crippen LogP contribution in [0.1, 0.15) is 13.3 Å². The number of nitrogens with two attached hydrogens (primary N) is 1. The number of sulfonamides is 1. The average Bonchev–Trinajstić information content (AvgIpc) is 2.71. The maximum absolute atomic E-state index is 12.2. The van der Waals surface area contributed by atoms with E-state index in [4.69, 9.17) is 10.5 Å². The van der Waals surface area contributed by atoms with Crippen LogP contribution in [0.4, 0.5) is 5.82 Å². The molecule has 0 atom stereocenters. The summed E-state index contributed by atoms with van der Waals surface area (Å²) in [6, 6.07) is 0. The van der Waals surface area contributed by atoms with Gasteiger partial charge in [0.15, 0.2) is 5.82 Å². The zero-order chi connectivity index (χ0) is 13.8. The topological polar surface area (TPSA) is 90.5 Å². The lowest BCUT2D eigenvalue weighted by atomic mass is 10.5. The molecule has 0 aliphatic heterocycles. The number of hydrogen-bond donors (Lipinski definition) is 1. The highest BCUT2D eigenvalue weighted by molar-refractivity contribution is 7.89. The molecule has 104 valence electrons. The first kappa shape index (κ1) is 14.9. The van der Waals surface area contributed by atoms with E-state index in [1.807, 2.05) is 6.92 Å². The number of aryl methyl sites for hydroxylation is 1. The van der Waals surface area contributed by atoms with Crippen molar-refractivity contribution in [1.82, 2.24) is 14.1 Å². The van der Waals surface area contributed by atoms with Crippen LogP contribution in [-0.4, -0.2) is 49.8 Å². The van der Waals surface area contributed by atoms with Crippen LogP contribution >= 0.6 is 0 Å². The van der Waals surface area contributed by atoms with E-state index >= 15 is 0 Å². The van der Waals surface area contributed by atoms with Gasteiger partial charge >= 0.3 is 0 Å². The summed E-state index contributed by atoms with van der Waals surface area (Å²) in [6.07, 6.45) is 2.09. The van der Waals surface area contributed by atoms with E-state index in [1.54, 1.807) is 7.11 Å². The number of hydrogen-bond acceptors (Lipinski definition) is 5. The van der Waals surface area contributed by atoms with E-state index in [0.717, 1.165) is 0 Å². The third-order valence-corrected chi connectivity index (χ3v) is 4.46. The second-order valence-electron chi connectivity index (χ2n) is 3.91. The zero-order valence-corrected chi connectivity index (χ0v) is 11.8. The molecule has 0 radical (unpaired) electrons. The Labute approximate surface area is 108 Å². The summed E-state index contributed by atoms with van der Waals surface area (Å²) in [5.74, 6) is 0.0374. The highest BCUT2D eigenvalue weighted by Crippen LogP contribution is 2.20. The Morgan fingerprint density at radius 1 is 1.56 bits per heavy atom. The standard InChI is InChI=1S/C10H20N4O3S/c1-4-14-8-9(10(11)12-14)18(15,16)13(2)6-5-7-17-3/h8H,4-7H2,1-3H3,(H2,11,12). The molecule has 0 spiro atoms. The molecule has 8 heteroatoms. The molecule has 0 saturated heterocycles. The van der Waals surface area contributed by atoms with Gasteiger partial charge in [-0.1, -0.05) is 0 Å². The molecule has 2 N–H and O–H groups in total. The predicted octanol–water partition coefficient (Wildman–Crippen LogP) is 0.142. The Bertz CT molecular complexity index is 483. The number of nitrogens with zero attached hydrogens (tertiary/aromatic N) is 3. The normalized spacial score (nSPS) is 12.2. The summed E-state index contributed by atoms with van der Waals surface area (Å²) in [5, 5.41) is 3.94. The number of rotatable bonds is 7. The summed E-state index contributed by atoms with van der Waals surface area (Å²) in [6.45, 7) is 3.34. The van der Waals surface area contributed by atoms with Gasteiger partial charge in [-0.05, 0) is 13.3 Å². The van der Waals surface area contributed by atoms with E-state index in [9.17, 15) is 8.42 Å². The molecular weight excluding hydrogens is 256 g/mol. The van der Waals surface area contributed by atoms with Crippen molar-refractivity contribution in [1.29, 1.82) is 0 Å². The van der Waals surface area contributed by atoms with E-state index in [-0.39, 0.29) is 10.7 Å². The summed E-state index contributed by atoms with van der Waals surface area (Å²) >= 11 is 0. The van der Waals surface area contributed by atoms with Gasteiger partial charge in [0.2, 0.25) is 10.0 Å². The van der Waals surface area contributed by atoms with Crippen molar-refractivity contribution in [3.63, 3.8) is 0 Å². The van der Waals surface area contributed by atoms with Gasteiger partial charge in [0.05, 0.1) is 0 Å². The molecular formula is C10H20N4O3S. The Hall–Kier alpha value is -1.12. The SMILES string of the molecule is CCn1cc(S(=O)(=O)N(C)CCCOC)c(N)n1. The van der Waals surface area contributed by atoms with E-state index in [2.05, 4.69) is 5.10 Å². The number of methoxy groups -OCH3 is 1. The maximum Gasteiger partial charge on any atom is 0.248 e. The minimum atomic E-state index is -3.57. The van der Waals surface area contributed by atoms with Crippen LogP contribution in [0.25, 0.3) is 0 Å². The second kappa shape index (κ2) is 6.17. The second-order valence-corrected chi connectivity index (χ2v) is 5.92. The van der Waals surface area contributed by atoms with Gasteiger partial charge in [-0.2, -0.15) is 5.10 Å². The molecule has 18 heavy (non-hydrogen) atoms. The molecule has 0 fully saturated rings. The van der Waals surface area contributed by atoms with Gasteiger partial charge < -0.3 is 10.5 Å². The fourth-order valence-corrected chi connectivity index (χ4v) is 2.76. The third kappa shape index (κ3) is 3.21. The Morgan fingerprint density at radius 3 is 2.72 bits per heavy atom. The lowest BCUT2D eigenvalue weighted by Crippen LogP contribution is -2.28. The van der Waals surface area contributed by atoms with Crippen LogP contribution in [-0.2, 0) is 21.3 Å². The van der Waals surface area contributed by atoms with E-state index in [1.165, 1.54) is 22.2 Å². The molecule has 0 bridgehead atoms. The maximum atomic E-state index is 12.2. The minimum absolute atomic E-state index is 0.0374. The van der Waals surface area contributed by atoms with Gasteiger partial charge in [-0.15, -0.1) is 0 Å². The first-order chi connectivity index (χ1) is 8.43. The fraction of sp³-hybridized carbons (Fsp3) is 0.700. The highest BCUT2D eigenvalue weighted by Gasteiger charge is 2.25. The summed E-state index contributed by atoms with van der Waals surface area (Å²) in [7, 11) is -0.467. The molecule has 1 aromatic rings. The van der Waals surface area contributed by atoms with Gasteiger partial charge in [0.1, 0.15) is 4.90 Å². The number of anilines is 1. The lowest BCUT2D eigenvalue weighted by Gasteiger charge is -2.15. The van der Waals surface area contributed by atoms with Crippen molar-refractivity contribution in [2.45, 2.75) is 24.8 Å². The molecule has 0 saturated carbocycles. The number of nitrogen functional groups attached to an aromatic ring is 1. The first-order valence-corrected chi connectivity index (χ1v) is 7.15. The summed E-state index contributed by atoms with van der Waals surface area (Å²) in [5.41, 5.74) is 5.63. The van der Waals surface area contributed by atoms with Crippen molar-refractivity contribution in [2.75, 3.05) is 33.0 Å². The summed E-state index contributed by atoms with van der Waals surface area (Å²) < 4.78 is 32.1. The minimum Gasteiger partial charge on any atom is -0.385 e. The molecule has 0 aliphatic rings. The Balaban J connectivity index is 2.87. The molecule has 1 heterocycles. The quantitative estimate of drug-likeness (QED) is 0.715. The van der Waals surface area contributed by atoms with Crippen molar-refractivity contribution in [3.05, 3.63) is 6.20 Å². The number of ether oxygens (including phenoxy) is 1. The molecule has 0 unspecified atom stereocenters. The smallest absolute Gasteiger partial charge is 0.248 e. The molecule has 0 aliphatic carbocycles.